The largest absolute Gasteiger partial charge is 0.497 e. The van der Waals surface area contributed by atoms with Gasteiger partial charge >= 0.3 is 0 Å². The van der Waals surface area contributed by atoms with Gasteiger partial charge in [-0.25, -0.2) is 4.98 Å². The second-order valence-electron chi connectivity index (χ2n) is 10.5. The lowest BCUT2D eigenvalue weighted by Crippen LogP contribution is -2.30. The smallest absolute Gasteiger partial charge is 0.255 e. The highest BCUT2D eigenvalue weighted by Gasteiger charge is 2.29. The lowest BCUT2D eigenvalue weighted by atomic mass is 9.99. The van der Waals surface area contributed by atoms with Crippen LogP contribution in [0.25, 0.3) is 22.6 Å². The van der Waals surface area contributed by atoms with Crippen LogP contribution in [0.4, 0.5) is 5.69 Å². The van der Waals surface area contributed by atoms with Crippen molar-refractivity contribution >= 4 is 28.6 Å². The van der Waals surface area contributed by atoms with Crippen LogP contribution in [0, 0.1) is 13.8 Å². The molecule has 3 aromatic rings. The molecule has 4 N–H and O–H groups in total. The predicted octanol–water partition coefficient (Wildman–Crippen LogP) is 4.45. The Morgan fingerprint density at radius 1 is 0.818 bits per heavy atom. The summed E-state index contributed by atoms with van der Waals surface area (Å²) in [7, 11) is 3.21. The van der Waals surface area contributed by atoms with Gasteiger partial charge < -0.3 is 30.3 Å². The van der Waals surface area contributed by atoms with E-state index in [4.69, 9.17) is 24.6 Å². The molecule has 0 spiro atoms. The molecule has 226 valence electrons. The number of anilines is 1. The van der Waals surface area contributed by atoms with Gasteiger partial charge in [0.1, 0.15) is 22.7 Å². The summed E-state index contributed by atoms with van der Waals surface area (Å²) in [6.45, 7) is 4.08. The predicted molar refractivity (Wildman–Crippen MR) is 169 cm³/mol. The Kier molecular flexibility index (Phi) is 8.80. The summed E-state index contributed by atoms with van der Waals surface area (Å²) in [4.78, 5) is 44.6. The minimum absolute atomic E-state index is 0.0802. The number of ether oxygens (including phenoxy) is 2. The third-order valence-electron chi connectivity index (χ3n) is 7.59. The van der Waals surface area contributed by atoms with E-state index in [2.05, 4.69) is 10.6 Å². The Labute approximate surface area is 254 Å². The topological polar surface area (TPSA) is 146 Å². The fraction of sp³-hybridized carbons (Fsp3) is 0.235. The van der Waals surface area contributed by atoms with Gasteiger partial charge in [-0.05, 0) is 73.7 Å². The van der Waals surface area contributed by atoms with Gasteiger partial charge in [0.2, 0.25) is 5.43 Å². The summed E-state index contributed by atoms with van der Waals surface area (Å²) < 4.78 is 16.6. The van der Waals surface area contributed by atoms with Crippen molar-refractivity contribution in [2.75, 3.05) is 33.0 Å². The first-order chi connectivity index (χ1) is 21.2. The lowest BCUT2D eigenvalue weighted by Gasteiger charge is -2.17. The van der Waals surface area contributed by atoms with Gasteiger partial charge in [0.15, 0.2) is 11.3 Å². The van der Waals surface area contributed by atoms with Crippen LogP contribution in [0.3, 0.4) is 0 Å². The first-order valence-electron chi connectivity index (χ1n) is 14.2. The van der Waals surface area contributed by atoms with Gasteiger partial charge in [0.05, 0.1) is 31.0 Å². The van der Waals surface area contributed by atoms with Crippen molar-refractivity contribution in [1.29, 1.82) is 0 Å². The first kappa shape index (κ1) is 30.1. The maximum absolute atomic E-state index is 13.5. The van der Waals surface area contributed by atoms with Gasteiger partial charge in [0, 0.05) is 18.7 Å². The molecule has 0 fully saturated rings. The van der Waals surface area contributed by atoms with E-state index in [1.807, 2.05) is 55.5 Å². The zero-order valence-electron chi connectivity index (χ0n) is 25.1. The van der Waals surface area contributed by atoms with E-state index in [1.165, 1.54) is 0 Å². The van der Waals surface area contributed by atoms with E-state index >= 15 is 0 Å². The number of aryl methyl sites for hydroxylation is 1. The summed E-state index contributed by atoms with van der Waals surface area (Å²) in [5, 5.41) is 5.79. The Hall–Kier alpha value is -5.38. The van der Waals surface area contributed by atoms with Crippen LogP contribution in [0.2, 0.25) is 0 Å². The summed E-state index contributed by atoms with van der Waals surface area (Å²) in [6.07, 6.45) is 1.16. The van der Waals surface area contributed by atoms with Crippen LogP contribution in [0.1, 0.15) is 43.0 Å². The number of hydrogen-bond donors (Lipinski definition) is 3. The molecule has 44 heavy (non-hydrogen) atoms. The second-order valence-corrected chi connectivity index (χ2v) is 10.5. The molecule has 0 aromatic heterocycles. The molecule has 2 aliphatic rings. The van der Waals surface area contributed by atoms with Gasteiger partial charge in [0.25, 0.3) is 11.8 Å². The van der Waals surface area contributed by atoms with Crippen LogP contribution in [-0.4, -0.2) is 44.1 Å². The molecule has 5 rings (SSSR count). The number of nitrogens with zero attached hydrogens (tertiary/aromatic N) is 1. The van der Waals surface area contributed by atoms with Crippen molar-refractivity contribution in [3.8, 4) is 23.0 Å². The second kappa shape index (κ2) is 12.9. The maximum atomic E-state index is 13.5. The molecule has 0 atom stereocenters. The number of nitrogens with one attached hydrogen (secondary N) is 2. The van der Waals surface area contributed by atoms with Crippen molar-refractivity contribution in [3.05, 3.63) is 104 Å². The highest BCUT2D eigenvalue weighted by atomic mass is 16.5. The normalized spacial score (nSPS) is 11.0. The molecule has 1 aliphatic carbocycles. The van der Waals surface area contributed by atoms with Crippen LogP contribution < -0.4 is 31.3 Å². The fourth-order valence-electron chi connectivity index (χ4n) is 5.02. The van der Waals surface area contributed by atoms with E-state index in [0.29, 0.717) is 31.5 Å². The number of nitrogen functional groups attached to an aromatic ring is 1. The van der Waals surface area contributed by atoms with Crippen molar-refractivity contribution in [2.24, 2.45) is 0 Å². The maximum Gasteiger partial charge on any atom is 0.255 e. The molecule has 1 aliphatic heterocycles. The van der Waals surface area contributed by atoms with E-state index in [9.17, 15) is 14.4 Å². The SMILES string of the molecule is COc1ccc(CCNC(=O)c2c3nc4c(C(=O)NCCc5ccc(OC)cc5)ccc(C)c4oc-3c(C)c(=O)c2N)cc1. The van der Waals surface area contributed by atoms with Crippen molar-refractivity contribution < 1.29 is 23.5 Å². The van der Waals surface area contributed by atoms with Gasteiger partial charge in [-0.1, -0.05) is 30.3 Å². The Bertz CT molecular complexity index is 1860. The number of carbonyl (C=O) groups is 2. The monoisotopic (exact) mass is 594 g/mol. The third-order valence-corrected chi connectivity index (χ3v) is 7.59. The van der Waals surface area contributed by atoms with Crippen LogP contribution in [0.5, 0.6) is 11.5 Å². The number of aromatic nitrogens is 1. The molecule has 2 amide bonds. The number of nitrogens with two attached hydrogens (primary N) is 1. The number of hydrogen-bond acceptors (Lipinski definition) is 8. The highest BCUT2D eigenvalue weighted by Crippen LogP contribution is 2.34. The average Bonchev–Trinajstić information content (AvgIpc) is 3.04. The summed E-state index contributed by atoms with van der Waals surface area (Å²) in [5.74, 6) is 0.745. The van der Waals surface area contributed by atoms with Gasteiger partial charge in [-0.3, -0.25) is 14.4 Å². The van der Waals surface area contributed by atoms with Crippen molar-refractivity contribution in [3.63, 3.8) is 0 Å². The van der Waals surface area contributed by atoms with Gasteiger partial charge in [-0.2, -0.15) is 0 Å². The molecule has 0 saturated heterocycles. The number of benzene rings is 4. The van der Waals surface area contributed by atoms with Crippen molar-refractivity contribution in [1.82, 2.24) is 15.6 Å². The van der Waals surface area contributed by atoms with Crippen LogP contribution in [-0.2, 0) is 12.8 Å². The number of fused-ring (bicyclic) bond motifs is 2. The molecule has 10 nitrogen and oxygen atoms in total. The average molecular weight is 595 g/mol. The van der Waals surface area contributed by atoms with E-state index in [0.717, 1.165) is 28.2 Å². The quantitative estimate of drug-likeness (QED) is 0.159. The van der Waals surface area contributed by atoms with E-state index in [-0.39, 0.29) is 45.3 Å². The Balaban J connectivity index is 1.44. The number of amides is 2. The molecule has 0 saturated carbocycles. The molecule has 0 radical (unpaired) electrons. The highest BCUT2D eigenvalue weighted by molar-refractivity contribution is 6.08. The van der Waals surface area contributed by atoms with E-state index in [1.54, 1.807) is 33.3 Å². The molecule has 0 bridgehead atoms. The van der Waals surface area contributed by atoms with Gasteiger partial charge in [-0.15, -0.1) is 0 Å². The van der Waals surface area contributed by atoms with Crippen LogP contribution >= 0.6 is 0 Å². The zero-order chi connectivity index (χ0) is 31.4. The van der Waals surface area contributed by atoms with E-state index < -0.39 is 11.3 Å². The third kappa shape index (κ3) is 6.05. The summed E-state index contributed by atoms with van der Waals surface area (Å²) in [6, 6.07) is 18.6. The van der Waals surface area contributed by atoms with Crippen molar-refractivity contribution in [2.45, 2.75) is 26.7 Å². The number of methoxy groups -OCH3 is 2. The summed E-state index contributed by atoms with van der Waals surface area (Å²) >= 11 is 0. The molecule has 3 aromatic carbocycles. The molecular weight excluding hydrogens is 560 g/mol. The number of rotatable bonds is 10. The minimum Gasteiger partial charge on any atom is -0.497 e. The molecule has 0 unspecified atom stereocenters. The standard InChI is InChI=1S/C34H34N4O6/c1-19-5-14-25(33(40)36-17-15-21-6-10-23(42-3)11-7-21)28-31(19)44-32-20(2)30(39)27(35)26(29(32)38-28)34(41)37-18-16-22-8-12-24(43-4)13-9-22/h5-14H,15-18,35H2,1-4H3,(H,36,40)(H,37,41). The first-order valence-corrected chi connectivity index (χ1v) is 14.2. The number of carbonyl (C=O) groups excluding carboxylic acids is 2. The minimum atomic E-state index is -0.557. The Morgan fingerprint density at radius 3 is 1.91 bits per heavy atom. The Morgan fingerprint density at radius 2 is 1.36 bits per heavy atom. The fourth-order valence-corrected chi connectivity index (χ4v) is 5.02. The molecular formula is C34H34N4O6. The zero-order valence-corrected chi connectivity index (χ0v) is 25.1. The molecule has 1 heterocycles. The lowest BCUT2D eigenvalue weighted by molar-refractivity contribution is 0.0947. The molecule has 10 heteroatoms. The van der Waals surface area contributed by atoms with Crippen LogP contribution in [0.15, 0.2) is 69.9 Å². The summed E-state index contributed by atoms with van der Waals surface area (Å²) in [5.41, 5.74) is 9.41.